The van der Waals surface area contributed by atoms with E-state index in [1.54, 1.807) is 43.0 Å². The summed E-state index contributed by atoms with van der Waals surface area (Å²) in [5, 5.41) is 0.412. The van der Waals surface area contributed by atoms with E-state index >= 15 is 0 Å². The van der Waals surface area contributed by atoms with Crippen molar-refractivity contribution >= 4 is 46.1 Å². The van der Waals surface area contributed by atoms with Crippen LogP contribution in [0.25, 0.3) is 5.57 Å². The number of amides is 1. The van der Waals surface area contributed by atoms with Gasteiger partial charge in [0.15, 0.2) is 4.80 Å². The Hall–Kier alpha value is -3.49. The molecule has 0 radical (unpaired) electrons. The molecular weight excluding hydrogens is 510 g/mol. The van der Waals surface area contributed by atoms with Crippen LogP contribution in [-0.2, 0) is 14.3 Å². The Balaban J connectivity index is 1.80. The minimum atomic E-state index is -0.832. The summed E-state index contributed by atoms with van der Waals surface area (Å²) in [6.07, 6.45) is 1.79. The van der Waals surface area contributed by atoms with Crippen molar-refractivity contribution in [3.63, 3.8) is 0 Å². The van der Waals surface area contributed by atoms with Crippen LogP contribution in [0.3, 0.4) is 0 Å². The van der Waals surface area contributed by atoms with Crippen molar-refractivity contribution in [2.45, 2.75) is 39.7 Å². The number of carbonyl (C=O) groups is 2. The summed E-state index contributed by atoms with van der Waals surface area (Å²) in [7, 11) is 0. The van der Waals surface area contributed by atoms with Crippen LogP contribution >= 0.6 is 22.9 Å². The number of benzene rings is 2. The molecule has 5 rings (SSSR count). The molecule has 0 bridgehead atoms. The lowest BCUT2D eigenvalue weighted by atomic mass is 9.96. The van der Waals surface area contributed by atoms with Gasteiger partial charge in [0.05, 0.1) is 29.1 Å². The molecular formula is C28H26ClN3O4S. The van der Waals surface area contributed by atoms with Crippen LogP contribution in [0.5, 0.6) is 0 Å². The zero-order valence-corrected chi connectivity index (χ0v) is 22.4. The lowest BCUT2D eigenvalue weighted by Crippen LogP contribution is -2.41. The van der Waals surface area contributed by atoms with Crippen molar-refractivity contribution in [2.75, 3.05) is 18.1 Å². The number of unbranched alkanes of at least 4 members (excludes halogenated alkanes) is 1. The molecule has 2 aliphatic heterocycles. The first-order valence-electron chi connectivity index (χ1n) is 12.3. The molecule has 1 unspecified atom stereocenters. The summed E-state index contributed by atoms with van der Waals surface area (Å²) in [4.78, 5) is 47.6. The van der Waals surface area contributed by atoms with Gasteiger partial charge < -0.3 is 9.64 Å². The highest BCUT2D eigenvalue weighted by Crippen LogP contribution is 2.36. The monoisotopic (exact) mass is 535 g/mol. The van der Waals surface area contributed by atoms with Gasteiger partial charge in [0.1, 0.15) is 10.6 Å². The van der Waals surface area contributed by atoms with Crippen molar-refractivity contribution in [1.82, 2.24) is 4.57 Å². The molecule has 0 saturated carbocycles. The van der Waals surface area contributed by atoms with Gasteiger partial charge in [-0.15, -0.1) is 0 Å². The third-order valence-corrected chi connectivity index (χ3v) is 7.98. The number of anilines is 1. The molecule has 37 heavy (non-hydrogen) atoms. The maximum absolute atomic E-state index is 14.1. The minimum Gasteiger partial charge on any atom is -0.463 e. The molecule has 0 saturated heterocycles. The quantitative estimate of drug-likeness (QED) is 0.447. The summed E-state index contributed by atoms with van der Waals surface area (Å²) in [6.45, 7) is 6.27. The minimum absolute atomic E-state index is 0.179. The van der Waals surface area contributed by atoms with Gasteiger partial charge in [-0.2, -0.15) is 0 Å². The smallest absolute Gasteiger partial charge is 0.338 e. The van der Waals surface area contributed by atoms with Crippen molar-refractivity contribution in [2.24, 2.45) is 4.99 Å². The van der Waals surface area contributed by atoms with Gasteiger partial charge in [0.2, 0.25) is 0 Å². The molecule has 1 atom stereocenters. The van der Waals surface area contributed by atoms with Crippen molar-refractivity contribution < 1.29 is 14.3 Å². The fraction of sp³-hybridized carbons (Fsp3) is 0.286. The van der Waals surface area contributed by atoms with E-state index in [0.717, 1.165) is 35.4 Å². The van der Waals surface area contributed by atoms with Crippen molar-refractivity contribution in [1.29, 1.82) is 0 Å². The van der Waals surface area contributed by atoms with E-state index < -0.39 is 17.6 Å². The molecule has 9 heteroatoms. The summed E-state index contributed by atoms with van der Waals surface area (Å²) < 4.78 is 7.11. The zero-order valence-electron chi connectivity index (χ0n) is 20.8. The zero-order chi connectivity index (χ0) is 26.3. The lowest BCUT2D eigenvalue weighted by molar-refractivity contribution is -0.139. The second-order valence-corrected chi connectivity index (χ2v) is 10.2. The number of carbonyl (C=O) groups excluding carboxylic acids is 2. The van der Waals surface area contributed by atoms with E-state index in [1.165, 1.54) is 4.57 Å². The molecule has 1 aromatic heterocycles. The molecule has 0 spiro atoms. The molecule has 190 valence electrons. The third-order valence-electron chi connectivity index (χ3n) is 6.58. The van der Waals surface area contributed by atoms with Crippen molar-refractivity contribution in [3.8, 4) is 0 Å². The Morgan fingerprint density at radius 1 is 1.11 bits per heavy atom. The fourth-order valence-electron chi connectivity index (χ4n) is 4.87. The van der Waals surface area contributed by atoms with E-state index in [9.17, 15) is 14.4 Å². The first-order chi connectivity index (χ1) is 17.9. The van der Waals surface area contributed by atoms with Gasteiger partial charge >= 0.3 is 5.97 Å². The lowest BCUT2D eigenvalue weighted by Gasteiger charge is -2.25. The van der Waals surface area contributed by atoms with Gasteiger partial charge in [0, 0.05) is 17.1 Å². The number of hydrogen-bond acceptors (Lipinski definition) is 6. The first-order valence-corrected chi connectivity index (χ1v) is 13.5. The van der Waals surface area contributed by atoms with Crippen molar-refractivity contribution in [3.05, 3.63) is 95.6 Å². The maximum atomic E-state index is 14.1. The Labute approximate surface area is 223 Å². The Bertz CT molecular complexity index is 1640. The van der Waals surface area contributed by atoms with Crippen LogP contribution in [0.1, 0.15) is 50.8 Å². The average Bonchev–Trinajstić information content (AvgIpc) is 3.34. The van der Waals surface area contributed by atoms with Crippen LogP contribution in [0.4, 0.5) is 5.69 Å². The first kappa shape index (κ1) is 25.2. The average molecular weight is 536 g/mol. The molecule has 1 amide bonds. The number of allylic oxidation sites excluding steroid dienone is 1. The van der Waals surface area contributed by atoms with Crippen LogP contribution in [0, 0.1) is 0 Å². The molecule has 0 aliphatic carbocycles. The number of halogens is 1. The number of fused-ring (bicyclic) bond motifs is 2. The number of nitrogens with zero attached hydrogens (tertiary/aromatic N) is 3. The Morgan fingerprint density at radius 2 is 1.84 bits per heavy atom. The fourth-order valence-corrected chi connectivity index (χ4v) is 6.25. The topological polar surface area (TPSA) is 81.0 Å². The standard InChI is InChI=1S/C28H26ClN3O4S/c1-4-6-15-31-20-14-10-8-12-18(20)22(25(31)33)24-26(34)32-23(17-11-7-9-13-19(17)29)21(27(35)36-5-2)16(3)30-28(32)37-24/h7-14,23H,4-6,15H2,1-3H3/b24-22+. The predicted molar refractivity (Wildman–Crippen MR) is 144 cm³/mol. The normalized spacial score (nSPS) is 18.0. The second-order valence-electron chi connectivity index (χ2n) is 8.85. The van der Waals surface area contributed by atoms with Gasteiger partial charge in [0.25, 0.3) is 11.5 Å². The predicted octanol–water partition coefficient (Wildman–Crippen LogP) is 3.97. The largest absolute Gasteiger partial charge is 0.463 e. The van der Waals surface area contributed by atoms with Crippen LogP contribution in [0.15, 0.2) is 69.6 Å². The number of aromatic nitrogens is 1. The molecule has 3 aromatic rings. The van der Waals surface area contributed by atoms with Crippen LogP contribution < -0.4 is 19.8 Å². The number of rotatable bonds is 6. The van der Waals surface area contributed by atoms with Gasteiger partial charge in [-0.25, -0.2) is 9.79 Å². The van der Waals surface area contributed by atoms with Gasteiger partial charge in [-0.1, -0.05) is 72.7 Å². The third kappa shape index (κ3) is 4.14. The highest BCUT2D eigenvalue weighted by Gasteiger charge is 2.37. The van der Waals surface area contributed by atoms with E-state index in [-0.39, 0.29) is 18.1 Å². The molecule has 0 fully saturated rings. The molecule has 2 aliphatic rings. The molecule has 3 heterocycles. The van der Waals surface area contributed by atoms with Crippen LogP contribution in [-0.4, -0.2) is 29.6 Å². The number of ether oxygens (including phenoxy) is 1. The Kier molecular flexibility index (Phi) is 6.88. The van der Waals surface area contributed by atoms with E-state index in [2.05, 4.69) is 11.9 Å². The Morgan fingerprint density at radius 3 is 2.57 bits per heavy atom. The highest BCUT2D eigenvalue weighted by atomic mass is 35.5. The highest BCUT2D eigenvalue weighted by molar-refractivity contribution is 7.07. The summed E-state index contributed by atoms with van der Waals surface area (Å²) >= 11 is 7.74. The second kappa shape index (κ2) is 10.1. The number of hydrogen-bond donors (Lipinski definition) is 0. The van der Waals surface area contributed by atoms with E-state index in [4.69, 9.17) is 16.3 Å². The molecule has 2 aromatic carbocycles. The maximum Gasteiger partial charge on any atom is 0.338 e. The summed E-state index contributed by atoms with van der Waals surface area (Å²) in [6, 6.07) is 13.8. The van der Waals surface area contributed by atoms with Crippen LogP contribution in [0.2, 0.25) is 5.02 Å². The number of esters is 1. The number of thiazole rings is 1. The summed E-state index contributed by atoms with van der Waals surface area (Å²) in [5.41, 5.74) is 2.79. The van der Waals surface area contributed by atoms with Gasteiger partial charge in [-0.05, 0) is 38.0 Å². The molecule has 0 N–H and O–H groups in total. The van der Waals surface area contributed by atoms with E-state index in [0.29, 0.717) is 37.7 Å². The van der Waals surface area contributed by atoms with E-state index in [1.807, 2.05) is 24.3 Å². The summed E-state index contributed by atoms with van der Waals surface area (Å²) in [5.74, 6) is -0.754. The molecule has 7 nitrogen and oxygen atoms in total. The number of para-hydroxylation sites is 1. The SMILES string of the molecule is CCCCN1C(=O)/C(=c2/sc3n(c2=O)C(c2ccccc2Cl)C(C(=O)OCC)=C(C)N=3)c2ccccc21. The van der Waals surface area contributed by atoms with Gasteiger partial charge in [-0.3, -0.25) is 14.2 Å².